The van der Waals surface area contributed by atoms with Crippen LogP contribution >= 0.6 is 11.6 Å². The molecule has 1 aromatic heterocycles. The summed E-state index contributed by atoms with van der Waals surface area (Å²) >= 11 is 5.74. The first-order valence-corrected chi connectivity index (χ1v) is 4.90. The molecule has 0 fully saturated rings. The van der Waals surface area contributed by atoms with Gasteiger partial charge in [-0.25, -0.2) is 0 Å². The van der Waals surface area contributed by atoms with E-state index in [1.807, 2.05) is 0 Å². The van der Waals surface area contributed by atoms with Gasteiger partial charge in [0.05, 0.1) is 5.02 Å². The molecule has 1 aromatic rings. The summed E-state index contributed by atoms with van der Waals surface area (Å²) in [7, 11) is 0. The van der Waals surface area contributed by atoms with Crippen molar-refractivity contribution in [3.63, 3.8) is 0 Å². The Hall–Kier alpha value is -1.53. The van der Waals surface area contributed by atoms with E-state index in [-0.39, 0.29) is 5.91 Å². The van der Waals surface area contributed by atoms with Crippen LogP contribution < -0.4 is 5.32 Å². The molecule has 0 aliphatic rings. The van der Waals surface area contributed by atoms with Gasteiger partial charge >= 0.3 is 0 Å². The maximum absolute atomic E-state index is 10.5. The molecule has 0 radical (unpaired) electrons. The summed E-state index contributed by atoms with van der Waals surface area (Å²) in [5.74, 6) is 5.79. The fourth-order valence-electron chi connectivity index (χ4n) is 0.946. The maximum Gasteiger partial charge on any atom is 0.216 e. The molecule has 0 aliphatic heterocycles. The maximum atomic E-state index is 10.5. The number of carbonyl (C=O) groups is 1. The van der Waals surface area contributed by atoms with Crippen LogP contribution in [0.1, 0.15) is 18.9 Å². The average molecular weight is 223 g/mol. The minimum Gasteiger partial charge on any atom is -0.355 e. The van der Waals surface area contributed by atoms with E-state index in [2.05, 4.69) is 22.1 Å². The van der Waals surface area contributed by atoms with Crippen molar-refractivity contribution < 1.29 is 4.79 Å². The van der Waals surface area contributed by atoms with Crippen LogP contribution in [0.25, 0.3) is 0 Å². The molecule has 1 rings (SSSR count). The average Bonchev–Trinajstić information content (AvgIpc) is 2.17. The third kappa shape index (κ3) is 5.04. The van der Waals surface area contributed by atoms with E-state index >= 15 is 0 Å². The van der Waals surface area contributed by atoms with E-state index in [1.54, 1.807) is 18.5 Å². The number of nitrogens with zero attached hydrogens (tertiary/aromatic N) is 1. The Morgan fingerprint density at radius 1 is 1.60 bits per heavy atom. The van der Waals surface area contributed by atoms with Gasteiger partial charge in [0, 0.05) is 37.8 Å². The quantitative estimate of drug-likeness (QED) is 0.610. The highest BCUT2D eigenvalue weighted by Crippen LogP contribution is 2.06. The van der Waals surface area contributed by atoms with Crippen LogP contribution in [-0.4, -0.2) is 17.4 Å². The first kappa shape index (κ1) is 11.5. The van der Waals surface area contributed by atoms with Crippen molar-refractivity contribution in [3.8, 4) is 11.8 Å². The molecule has 1 heterocycles. The second kappa shape index (κ2) is 6.05. The minimum absolute atomic E-state index is 0.0405. The summed E-state index contributed by atoms with van der Waals surface area (Å²) in [6.45, 7) is 2.05. The van der Waals surface area contributed by atoms with Gasteiger partial charge in [-0.1, -0.05) is 23.4 Å². The van der Waals surface area contributed by atoms with Crippen molar-refractivity contribution in [2.24, 2.45) is 0 Å². The molecule has 4 heteroatoms. The van der Waals surface area contributed by atoms with Gasteiger partial charge in [0.2, 0.25) is 5.91 Å². The van der Waals surface area contributed by atoms with Crippen LogP contribution in [0.2, 0.25) is 5.02 Å². The van der Waals surface area contributed by atoms with Gasteiger partial charge in [-0.15, -0.1) is 0 Å². The van der Waals surface area contributed by atoms with Crippen LogP contribution in [0.4, 0.5) is 0 Å². The molecular formula is C11H11ClN2O. The van der Waals surface area contributed by atoms with Crippen molar-refractivity contribution >= 4 is 17.5 Å². The highest BCUT2D eigenvalue weighted by atomic mass is 35.5. The van der Waals surface area contributed by atoms with E-state index in [9.17, 15) is 4.79 Å². The fourth-order valence-corrected chi connectivity index (χ4v) is 1.12. The van der Waals surface area contributed by atoms with E-state index < -0.39 is 0 Å². The third-order valence-corrected chi connectivity index (χ3v) is 1.77. The number of rotatable bonds is 2. The van der Waals surface area contributed by atoms with Gasteiger partial charge in [0.15, 0.2) is 0 Å². The molecule has 0 atom stereocenters. The van der Waals surface area contributed by atoms with Crippen molar-refractivity contribution in [3.05, 3.63) is 29.0 Å². The van der Waals surface area contributed by atoms with Crippen LogP contribution in [0.5, 0.6) is 0 Å². The summed E-state index contributed by atoms with van der Waals surface area (Å²) in [5, 5.41) is 3.23. The predicted octanol–water partition coefficient (Wildman–Crippen LogP) is 1.61. The SMILES string of the molecule is CC(=O)NCCC#Cc1cncc(Cl)c1. The Labute approximate surface area is 93.9 Å². The number of hydrogen-bond donors (Lipinski definition) is 1. The lowest BCUT2D eigenvalue weighted by atomic mass is 10.3. The lowest BCUT2D eigenvalue weighted by molar-refractivity contribution is -0.118. The molecule has 0 saturated heterocycles. The number of aromatic nitrogens is 1. The molecule has 0 aliphatic carbocycles. The largest absolute Gasteiger partial charge is 0.355 e. The second-order valence-electron chi connectivity index (χ2n) is 2.93. The topological polar surface area (TPSA) is 42.0 Å². The van der Waals surface area contributed by atoms with Gasteiger partial charge < -0.3 is 5.32 Å². The zero-order valence-corrected chi connectivity index (χ0v) is 9.14. The molecule has 3 nitrogen and oxygen atoms in total. The minimum atomic E-state index is -0.0405. The molecular weight excluding hydrogens is 212 g/mol. The Kier molecular flexibility index (Phi) is 4.65. The molecule has 0 aromatic carbocycles. The van der Waals surface area contributed by atoms with Crippen molar-refractivity contribution in [2.75, 3.05) is 6.54 Å². The normalized spacial score (nSPS) is 8.93. The standard InChI is InChI=1S/C11H11ClN2O/c1-9(15)14-5-3-2-4-10-6-11(12)8-13-7-10/h6-8H,3,5H2,1H3,(H,14,15). The van der Waals surface area contributed by atoms with E-state index in [0.29, 0.717) is 18.0 Å². The van der Waals surface area contributed by atoms with Gasteiger partial charge in [0.1, 0.15) is 0 Å². The number of pyridine rings is 1. The summed E-state index contributed by atoms with van der Waals surface area (Å²) < 4.78 is 0. The van der Waals surface area contributed by atoms with E-state index in [4.69, 9.17) is 11.6 Å². The van der Waals surface area contributed by atoms with Crippen molar-refractivity contribution in [1.29, 1.82) is 0 Å². The van der Waals surface area contributed by atoms with E-state index in [0.717, 1.165) is 5.56 Å². The first-order chi connectivity index (χ1) is 7.18. The van der Waals surface area contributed by atoms with Crippen LogP contribution in [-0.2, 0) is 4.79 Å². The van der Waals surface area contributed by atoms with Crippen molar-refractivity contribution in [1.82, 2.24) is 10.3 Å². The monoisotopic (exact) mass is 222 g/mol. The summed E-state index contributed by atoms with van der Waals surface area (Å²) in [6, 6.07) is 1.75. The molecule has 1 N–H and O–H groups in total. The summed E-state index contributed by atoms with van der Waals surface area (Å²) in [4.78, 5) is 14.4. The predicted molar refractivity (Wildman–Crippen MR) is 59.4 cm³/mol. The number of hydrogen-bond acceptors (Lipinski definition) is 2. The molecule has 1 amide bonds. The Morgan fingerprint density at radius 3 is 3.07 bits per heavy atom. The Bertz CT molecular complexity index is 407. The van der Waals surface area contributed by atoms with E-state index in [1.165, 1.54) is 6.92 Å². The lowest BCUT2D eigenvalue weighted by Gasteiger charge is -1.94. The Balaban J connectivity index is 2.41. The molecule has 15 heavy (non-hydrogen) atoms. The van der Waals surface area contributed by atoms with Crippen LogP contribution in [0.15, 0.2) is 18.5 Å². The van der Waals surface area contributed by atoms with Gasteiger partial charge in [-0.05, 0) is 6.07 Å². The lowest BCUT2D eigenvalue weighted by Crippen LogP contribution is -2.20. The highest BCUT2D eigenvalue weighted by molar-refractivity contribution is 6.30. The van der Waals surface area contributed by atoms with Crippen molar-refractivity contribution in [2.45, 2.75) is 13.3 Å². The Morgan fingerprint density at radius 2 is 2.40 bits per heavy atom. The molecule has 78 valence electrons. The van der Waals surface area contributed by atoms with Crippen LogP contribution in [0, 0.1) is 11.8 Å². The third-order valence-electron chi connectivity index (χ3n) is 1.56. The summed E-state index contributed by atoms with van der Waals surface area (Å²) in [5.41, 5.74) is 0.783. The number of amides is 1. The second-order valence-corrected chi connectivity index (χ2v) is 3.36. The zero-order chi connectivity index (χ0) is 11.1. The molecule has 0 unspecified atom stereocenters. The number of halogens is 1. The number of nitrogens with one attached hydrogen (secondary N) is 1. The fraction of sp³-hybridized carbons (Fsp3) is 0.273. The van der Waals surface area contributed by atoms with Gasteiger partial charge in [-0.3, -0.25) is 9.78 Å². The smallest absolute Gasteiger partial charge is 0.216 e. The van der Waals surface area contributed by atoms with Gasteiger partial charge in [0.25, 0.3) is 0 Å². The van der Waals surface area contributed by atoms with Gasteiger partial charge in [-0.2, -0.15) is 0 Å². The zero-order valence-electron chi connectivity index (χ0n) is 8.38. The number of carbonyl (C=O) groups excluding carboxylic acids is 1. The summed E-state index contributed by atoms with van der Waals surface area (Å²) in [6.07, 6.45) is 3.83. The molecule has 0 saturated carbocycles. The molecule has 0 spiro atoms. The first-order valence-electron chi connectivity index (χ1n) is 4.52. The highest BCUT2D eigenvalue weighted by Gasteiger charge is 1.90. The molecule has 0 bridgehead atoms. The van der Waals surface area contributed by atoms with Crippen LogP contribution in [0.3, 0.4) is 0 Å².